The quantitative estimate of drug-likeness (QED) is 0.836. The van der Waals surface area contributed by atoms with Crippen molar-refractivity contribution in [2.75, 3.05) is 10.5 Å². The molecule has 0 aromatic heterocycles. The molecule has 1 rings (SSSR count). The van der Waals surface area contributed by atoms with Gasteiger partial charge in [0, 0.05) is 0 Å². The van der Waals surface area contributed by atoms with Gasteiger partial charge >= 0.3 is 0 Å². The molecular formula is C9H10F3NO2S. The Balaban J connectivity index is 3.04. The van der Waals surface area contributed by atoms with Crippen LogP contribution in [0.25, 0.3) is 0 Å². The lowest BCUT2D eigenvalue weighted by atomic mass is 10.3. The fourth-order valence-electron chi connectivity index (χ4n) is 1.09. The van der Waals surface area contributed by atoms with Crippen LogP contribution in [0.2, 0.25) is 0 Å². The standard InChI is InChI=1S/C9H10F3NO2S/c1-2-5-16(14,15)13-7-4-3-6(10)8(11)9(7)12/h3-4,13H,2,5H2,1H3. The Bertz CT molecular complexity index is 488. The van der Waals surface area contributed by atoms with Crippen molar-refractivity contribution in [3.8, 4) is 0 Å². The maximum Gasteiger partial charge on any atom is 0.232 e. The van der Waals surface area contributed by atoms with E-state index >= 15 is 0 Å². The van der Waals surface area contributed by atoms with Gasteiger partial charge in [0.05, 0.1) is 11.4 Å². The Morgan fingerprint density at radius 1 is 1.19 bits per heavy atom. The van der Waals surface area contributed by atoms with Crippen molar-refractivity contribution in [3.63, 3.8) is 0 Å². The van der Waals surface area contributed by atoms with E-state index in [1.54, 1.807) is 6.92 Å². The van der Waals surface area contributed by atoms with E-state index in [4.69, 9.17) is 0 Å². The van der Waals surface area contributed by atoms with Gasteiger partial charge in [0.25, 0.3) is 0 Å². The Hall–Kier alpha value is -1.24. The monoisotopic (exact) mass is 253 g/mol. The van der Waals surface area contributed by atoms with Gasteiger partial charge < -0.3 is 0 Å². The van der Waals surface area contributed by atoms with Gasteiger partial charge in [-0.2, -0.15) is 0 Å². The Morgan fingerprint density at radius 3 is 2.38 bits per heavy atom. The van der Waals surface area contributed by atoms with Crippen LogP contribution in [0.5, 0.6) is 0 Å². The van der Waals surface area contributed by atoms with Crippen LogP contribution in [0.1, 0.15) is 13.3 Å². The Kier molecular flexibility index (Phi) is 3.79. The molecule has 90 valence electrons. The van der Waals surface area contributed by atoms with Crippen LogP contribution in [-0.2, 0) is 10.0 Å². The van der Waals surface area contributed by atoms with Gasteiger partial charge in [-0.25, -0.2) is 21.6 Å². The molecule has 0 amide bonds. The van der Waals surface area contributed by atoms with Crippen LogP contribution in [0.15, 0.2) is 12.1 Å². The molecule has 0 radical (unpaired) electrons. The molecule has 0 aliphatic heterocycles. The van der Waals surface area contributed by atoms with Gasteiger partial charge in [0.1, 0.15) is 0 Å². The summed E-state index contributed by atoms with van der Waals surface area (Å²) in [6.45, 7) is 1.63. The van der Waals surface area contributed by atoms with E-state index in [0.29, 0.717) is 12.5 Å². The zero-order valence-corrected chi connectivity index (χ0v) is 9.24. The minimum absolute atomic E-state index is 0.217. The summed E-state index contributed by atoms with van der Waals surface area (Å²) < 4.78 is 62.8. The minimum Gasteiger partial charge on any atom is -0.280 e. The summed E-state index contributed by atoms with van der Waals surface area (Å²) in [5, 5.41) is 0. The normalized spacial score (nSPS) is 11.5. The second kappa shape index (κ2) is 4.73. The number of hydrogen-bond donors (Lipinski definition) is 1. The molecule has 0 bridgehead atoms. The van der Waals surface area contributed by atoms with E-state index in [1.165, 1.54) is 0 Å². The third kappa shape index (κ3) is 2.88. The average Bonchev–Trinajstić information content (AvgIpc) is 2.19. The average molecular weight is 253 g/mol. The van der Waals surface area contributed by atoms with Gasteiger partial charge in [-0.05, 0) is 18.6 Å². The molecule has 0 aliphatic carbocycles. The minimum atomic E-state index is -3.72. The second-order valence-corrected chi connectivity index (χ2v) is 4.99. The second-order valence-electron chi connectivity index (χ2n) is 3.14. The number of halogens is 3. The van der Waals surface area contributed by atoms with Gasteiger partial charge in [-0.15, -0.1) is 0 Å². The van der Waals surface area contributed by atoms with Gasteiger partial charge in [-0.3, -0.25) is 4.72 Å². The predicted octanol–water partition coefficient (Wildman–Crippen LogP) is 2.26. The molecule has 0 aliphatic rings. The van der Waals surface area contributed by atoms with E-state index < -0.39 is 33.2 Å². The highest BCUT2D eigenvalue weighted by molar-refractivity contribution is 7.92. The summed E-state index contributed by atoms with van der Waals surface area (Å²) in [7, 11) is -3.72. The van der Waals surface area contributed by atoms with E-state index in [-0.39, 0.29) is 5.75 Å². The summed E-state index contributed by atoms with van der Waals surface area (Å²) in [5.74, 6) is -4.82. The third-order valence-corrected chi connectivity index (χ3v) is 3.25. The maximum atomic E-state index is 13.1. The van der Waals surface area contributed by atoms with E-state index in [9.17, 15) is 21.6 Å². The zero-order valence-electron chi connectivity index (χ0n) is 8.43. The summed E-state index contributed by atoms with van der Waals surface area (Å²) in [6.07, 6.45) is 0.334. The van der Waals surface area contributed by atoms with Crippen LogP contribution in [-0.4, -0.2) is 14.2 Å². The smallest absolute Gasteiger partial charge is 0.232 e. The molecule has 0 fully saturated rings. The molecule has 0 heterocycles. The van der Waals surface area contributed by atoms with Crippen molar-refractivity contribution >= 4 is 15.7 Å². The lowest BCUT2D eigenvalue weighted by Gasteiger charge is -2.08. The number of sulfonamides is 1. The molecule has 0 spiro atoms. The van der Waals surface area contributed by atoms with E-state index in [0.717, 1.165) is 6.07 Å². The van der Waals surface area contributed by atoms with Crippen LogP contribution < -0.4 is 4.72 Å². The lowest BCUT2D eigenvalue weighted by molar-refractivity contribution is 0.449. The molecule has 1 aromatic rings. The largest absolute Gasteiger partial charge is 0.280 e. The first-order valence-electron chi connectivity index (χ1n) is 4.51. The van der Waals surface area contributed by atoms with Crippen molar-refractivity contribution in [1.29, 1.82) is 0 Å². The van der Waals surface area contributed by atoms with Crippen LogP contribution in [0.4, 0.5) is 18.9 Å². The Labute approximate surface area is 91.3 Å². The number of rotatable bonds is 4. The van der Waals surface area contributed by atoms with Crippen molar-refractivity contribution in [1.82, 2.24) is 0 Å². The van der Waals surface area contributed by atoms with Crippen LogP contribution >= 0.6 is 0 Å². The number of benzene rings is 1. The topological polar surface area (TPSA) is 46.2 Å². The predicted molar refractivity (Wildman–Crippen MR) is 54.0 cm³/mol. The third-order valence-electron chi connectivity index (χ3n) is 1.77. The first-order valence-corrected chi connectivity index (χ1v) is 6.16. The number of nitrogens with one attached hydrogen (secondary N) is 1. The molecule has 3 nitrogen and oxygen atoms in total. The molecule has 0 unspecified atom stereocenters. The highest BCUT2D eigenvalue weighted by Gasteiger charge is 2.17. The first-order chi connectivity index (χ1) is 7.37. The van der Waals surface area contributed by atoms with Crippen molar-refractivity contribution < 1.29 is 21.6 Å². The fraction of sp³-hybridized carbons (Fsp3) is 0.333. The maximum absolute atomic E-state index is 13.1. The summed E-state index contributed by atoms with van der Waals surface area (Å²) >= 11 is 0. The van der Waals surface area contributed by atoms with Crippen molar-refractivity contribution in [3.05, 3.63) is 29.6 Å². The van der Waals surface area contributed by atoms with Gasteiger partial charge in [0.2, 0.25) is 10.0 Å². The SMILES string of the molecule is CCCS(=O)(=O)Nc1ccc(F)c(F)c1F. The summed E-state index contributed by atoms with van der Waals surface area (Å²) in [6, 6.07) is 1.49. The van der Waals surface area contributed by atoms with Gasteiger partial charge in [-0.1, -0.05) is 6.92 Å². The lowest BCUT2D eigenvalue weighted by Crippen LogP contribution is -2.17. The molecule has 0 saturated heterocycles. The number of hydrogen-bond acceptors (Lipinski definition) is 2. The van der Waals surface area contributed by atoms with Crippen molar-refractivity contribution in [2.45, 2.75) is 13.3 Å². The first kappa shape index (κ1) is 12.8. The van der Waals surface area contributed by atoms with E-state index in [2.05, 4.69) is 0 Å². The number of anilines is 1. The molecular weight excluding hydrogens is 243 g/mol. The molecule has 0 atom stereocenters. The summed E-state index contributed by atoms with van der Waals surface area (Å²) in [4.78, 5) is 0. The Morgan fingerprint density at radius 2 is 1.81 bits per heavy atom. The fourth-order valence-corrected chi connectivity index (χ4v) is 2.22. The summed E-state index contributed by atoms with van der Waals surface area (Å²) in [5.41, 5.74) is -0.590. The molecule has 1 aromatic carbocycles. The highest BCUT2D eigenvalue weighted by Crippen LogP contribution is 2.20. The van der Waals surface area contributed by atoms with Crippen LogP contribution in [0, 0.1) is 17.5 Å². The molecule has 1 N–H and O–H groups in total. The van der Waals surface area contributed by atoms with Crippen molar-refractivity contribution in [2.24, 2.45) is 0 Å². The van der Waals surface area contributed by atoms with E-state index in [1.807, 2.05) is 4.72 Å². The molecule has 7 heteroatoms. The van der Waals surface area contributed by atoms with Crippen LogP contribution in [0.3, 0.4) is 0 Å². The highest BCUT2D eigenvalue weighted by atomic mass is 32.2. The molecule has 16 heavy (non-hydrogen) atoms. The zero-order chi connectivity index (χ0) is 12.3. The molecule has 0 saturated carbocycles. The van der Waals surface area contributed by atoms with Gasteiger partial charge in [0.15, 0.2) is 17.5 Å².